The molecule has 0 bridgehead atoms. The molecule has 2 heterocycles. The molecule has 96 valence electrons. The van der Waals surface area contributed by atoms with Gasteiger partial charge in [0.25, 0.3) is 0 Å². The highest BCUT2D eigenvalue weighted by molar-refractivity contribution is 5.30. The van der Waals surface area contributed by atoms with Crippen LogP contribution in [0.5, 0.6) is 0 Å². The Morgan fingerprint density at radius 2 is 2.17 bits per heavy atom. The molecule has 2 aromatic heterocycles. The second-order valence-corrected chi connectivity index (χ2v) is 4.38. The smallest absolute Gasteiger partial charge is 0.222 e. The Morgan fingerprint density at radius 3 is 2.83 bits per heavy atom. The van der Waals surface area contributed by atoms with Gasteiger partial charge in [0.1, 0.15) is 5.82 Å². The highest BCUT2D eigenvalue weighted by Gasteiger charge is 2.07. The second-order valence-electron chi connectivity index (χ2n) is 4.38. The number of aromatic nitrogens is 4. The first-order chi connectivity index (χ1) is 8.70. The zero-order valence-corrected chi connectivity index (χ0v) is 11.1. The van der Waals surface area contributed by atoms with E-state index in [1.807, 2.05) is 37.1 Å². The number of hydrogen-bond donors (Lipinski definition) is 1. The van der Waals surface area contributed by atoms with Crippen molar-refractivity contribution >= 4 is 5.95 Å². The Morgan fingerprint density at radius 1 is 1.33 bits per heavy atom. The van der Waals surface area contributed by atoms with Gasteiger partial charge in [0, 0.05) is 38.6 Å². The molecule has 0 amide bonds. The summed E-state index contributed by atoms with van der Waals surface area (Å²) in [5, 5.41) is 3.21. The van der Waals surface area contributed by atoms with Crippen LogP contribution in [-0.2, 0) is 13.5 Å². The Labute approximate surface area is 107 Å². The van der Waals surface area contributed by atoms with Crippen LogP contribution in [-0.4, -0.2) is 26.1 Å². The molecule has 0 aromatic carbocycles. The monoisotopic (exact) mass is 245 g/mol. The largest absolute Gasteiger partial charge is 0.354 e. The Hall–Kier alpha value is -1.91. The molecule has 2 rings (SSSR count). The van der Waals surface area contributed by atoms with Gasteiger partial charge in [0.05, 0.1) is 5.69 Å². The summed E-state index contributed by atoms with van der Waals surface area (Å²) in [6, 6.07) is 0. The zero-order valence-electron chi connectivity index (χ0n) is 11.1. The third-order valence-corrected chi connectivity index (χ3v) is 2.86. The summed E-state index contributed by atoms with van der Waals surface area (Å²) >= 11 is 0. The normalized spacial score (nSPS) is 10.6. The minimum absolute atomic E-state index is 0.701. The molecule has 0 aliphatic heterocycles. The van der Waals surface area contributed by atoms with Crippen molar-refractivity contribution in [1.29, 1.82) is 0 Å². The minimum Gasteiger partial charge on any atom is -0.354 e. The molecule has 1 N–H and O–H groups in total. The van der Waals surface area contributed by atoms with Crippen molar-refractivity contribution in [1.82, 2.24) is 19.5 Å². The molecule has 0 unspecified atom stereocenters. The van der Waals surface area contributed by atoms with E-state index in [0.717, 1.165) is 36.5 Å². The lowest BCUT2D eigenvalue weighted by Crippen LogP contribution is -2.08. The predicted molar refractivity (Wildman–Crippen MR) is 71.6 cm³/mol. The van der Waals surface area contributed by atoms with Crippen LogP contribution in [0.1, 0.15) is 30.4 Å². The lowest BCUT2D eigenvalue weighted by molar-refractivity contribution is 0.804. The van der Waals surface area contributed by atoms with Crippen molar-refractivity contribution in [3.05, 3.63) is 35.7 Å². The molecule has 5 heteroatoms. The first-order valence-electron chi connectivity index (χ1n) is 6.23. The highest BCUT2D eigenvalue weighted by Crippen LogP contribution is 2.11. The average molecular weight is 245 g/mol. The van der Waals surface area contributed by atoms with Crippen molar-refractivity contribution in [3.8, 4) is 0 Å². The summed E-state index contributed by atoms with van der Waals surface area (Å²) < 4.78 is 2.01. The van der Waals surface area contributed by atoms with Crippen LogP contribution in [0.15, 0.2) is 18.6 Å². The van der Waals surface area contributed by atoms with Crippen LogP contribution in [0, 0.1) is 6.92 Å². The van der Waals surface area contributed by atoms with E-state index < -0.39 is 0 Å². The third-order valence-electron chi connectivity index (χ3n) is 2.86. The van der Waals surface area contributed by atoms with E-state index in [-0.39, 0.29) is 0 Å². The summed E-state index contributed by atoms with van der Waals surface area (Å²) in [6.07, 6.45) is 7.41. The molecule has 5 nitrogen and oxygen atoms in total. The zero-order chi connectivity index (χ0) is 13.0. The summed E-state index contributed by atoms with van der Waals surface area (Å²) in [7, 11) is 2.00. The van der Waals surface area contributed by atoms with Gasteiger partial charge in [-0.25, -0.2) is 15.0 Å². The van der Waals surface area contributed by atoms with E-state index in [9.17, 15) is 0 Å². The first-order valence-corrected chi connectivity index (χ1v) is 6.23. The van der Waals surface area contributed by atoms with Gasteiger partial charge < -0.3 is 9.88 Å². The maximum atomic E-state index is 4.55. The summed E-state index contributed by atoms with van der Waals surface area (Å²) in [5.41, 5.74) is 2.12. The number of anilines is 1. The van der Waals surface area contributed by atoms with Gasteiger partial charge in [-0.1, -0.05) is 6.92 Å². The van der Waals surface area contributed by atoms with Crippen molar-refractivity contribution < 1.29 is 0 Å². The number of rotatable bonds is 5. The standard InChI is InChI=1S/C13H19N5/c1-4-5-15-13-16-9-10(2)11(17-13)8-12-14-6-7-18(12)3/h6-7,9H,4-5,8H2,1-3H3,(H,15,16,17). The second kappa shape index (κ2) is 5.62. The number of imidazole rings is 1. The van der Waals surface area contributed by atoms with Crippen molar-refractivity contribution in [2.75, 3.05) is 11.9 Å². The number of nitrogens with one attached hydrogen (secondary N) is 1. The molecule has 0 atom stereocenters. The Kier molecular flexibility index (Phi) is 3.92. The van der Waals surface area contributed by atoms with E-state index in [1.54, 1.807) is 0 Å². The number of aryl methyl sites for hydroxylation is 2. The molecule has 0 saturated carbocycles. The maximum Gasteiger partial charge on any atom is 0.222 e. The van der Waals surface area contributed by atoms with Gasteiger partial charge in [-0.05, 0) is 18.9 Å². The molecular formula is C13H19N5. The molecule has 0 aliphatic rings. The first kappa shape index (κ1) is 12.5. The van der Waals surface area contributed by atoms with Crippen LogP contribution in [0.25, 0.3) is 0 Å². The molecule has 18 heavy (non-hydrogen) atoms. The van der Waals surface area contributed by atoms with Crippen LogP contribution in [0.4, 0.5) is 5.95 Å². The van der Waals surface area contributed by atoms with Gasteiger partial charge in [0.15, 0.2) is 0 Å². The van der Waals surface area contributed by atoms with Gasteiger partial charge >= 0.3 is 0 Å². The van der Waals surface area contributed by atoms with Gasteiger partial charge in [0.2, 0.25) is 5.95 Å². The highest BCUT2D eigenvalue weighted by atomic mass is 15.1. The average Bonchev–Trinajstić information content (AvgIpc) is 2.76. The molecule has 2 aromatic rings. The van der Waals surface area contributed by atoms with Gasteiger partial charge in [-0.15, -0.1) is 0 Å². The van der Waals surface area contributed by atoms with Crippen molar-refractivity contribution in [2.45, 2.75) is 26.7 Å². The maximum absolute atomic E-state index is 4.55. The topological polar surface area (TPSA) is 55.6 Å². The summed E-state index contributed by atoms with van der Waals surface area (Å²) in [6.45, 7) is 5.04. The van der Waals surface area contributed by atoms with E-state index >= 15 is 0 Å². The van der Waals surface area contributed by atoms with Gasteiger partial charge in [-0.3, -0.25) is 0 Å². The van der Waals surface area contributed by atoms with E-state index in [1.165, 1.54) is 0 Å². The van der Waals surface area contributed by atoms with E-state index in [2.05, 4.69) is 27.2 Å². The molecular weight excluding hydrogens is 226 g/mol. The van der Waals surface area contributed by atoms with Crippen LogP contribution < -0.4 is 5.32 Å². The summed E-state index contributed by atoms with van der Waals surface area (Å²) in [5.74, 6) is 1.71. The quantitative estimate of drug-likeness (QED) is 0.874. The fourth-order valence-electron chi connectivity index (χ4n) is 1.69. The van der Waals surface area contributed by atoms with Crippen molar-refractivity contribution in [3.63, 3.8) is 0 Å². The Balaban J connectivity index is 2.18. The molecule has 0 saturated heterocycles. The third kappa shape index (κ3) is 2.85. The van der Waals surface area contributed by atoms with Crippen LogP contribution in [0.2, 0.25) is 0 Å². The lowest BCUT2D eigenvalue weighted by Gasteiger charge is -2.08. The molecule has 0 aliphatic carbocycles. The summed E-state index contributed by atoms with van der Waals surface area (Å²) in [4.78, 5) is 13.2. The van der Waals surface area contributed by atoms with Gasteiger partial charge in [-0.2, -0.15) is 0 Å². The molecule has 0 radical (unpaired) electrons. The van der Waals surface area contributed by atoms with E-state index in [4.69, 9.17) is 0 Å². The molecule has 0 fully saturated rings. The minimum atomic E-state index is 0.701. The Bertz CT molecular complexity index is 518. The van der Waals surface area contributed by atoms with E-state index in [0.29, 0.717) is 5.95 Å². The predicted octanol–water partition coefficient (Wildman–Crippen LogP) is 1.93. The van der Waals surface area contributed by atoms with Crippen LogP contribution >= 0.6 is 0 Å². The van der Waals surface area contributed by atoms with Crippen LogP contribution in [0.3, 0.4) is 0 Å². The number of hydrogen-bond acceptors (Lipinski definition) is 4. The fourth-order valence-corrected chi connectivity index (χ4v) is 1.69. The lowest BCUT2D eigenvalue weighted by atomic mass is 10.2. The SMILES string of the molecule is CCCNc1ncc(C)c(Cc2nccn2C)n1. The fraction of sp³-hybridized carbons (Fsp3) is 0.462. The molecule has 0 spiro atoms. The van der Waals surface area contributed by atoms with Crippen molar-refractivity contribution in [2.24, 2.45) is 7.05 Å². The number of nitrogens with zero attached hydrogens (tertiary/aromatic N) is 4.